The van der Waals surface area contributed by atoms with Crippen LogP contribution in [0.5, 0.6) is 0 Å². The second kappa shape index (κ2) is 4.93. The Labute approximate surface area is 104 Å². The number of nitrogens with zero attached hydrogens (tertiary/aromatic N) is 1. The fourth-order valence-corrected chi connectivity index (χ4v) is 1.93. The van der Waals surface area contributed by atoms with Gasteiger partial charge in [-0.2, -0.15) is 0 Å². The second-order valence-electron chi connectivity index (χ2n) is 3.72. The van der Waals surface area contributed by atoms with E-state index in [4.69, 9.17) is 33.7 Å². The highest BCUT2D eigenvalue weighted by Crippen LogP contribution is 2.23. The highest BCUT2D eigenvalue weighted by atomic mass is 35.5. The largest absolute Gasteiger partial charge is 0.463 e. The molecule has 1 heterocycles. The van der Waals surface area contributed by atoms with Gasteiger partial charge in [0, 0.05) is 0 Å². The summed E-state index contributed by atoms with van der Waals surface area (Å²) in [5, 5.41) is 1.17. The molecule has 1 aromatic rings. The number of hydrogen-bond acceptors (Lipinski definition) is 3. The van der Waals surface area contributed by atoms with Crippen LogP contribution >= 0.6 is 23.2 Å². The van der Waals surface area contributed by atoms with E-state index in [1.54, 1.807) is 0 Å². The molecule has 5 heteroatoms. The molecule has 1 aliphatic heterocycles. The number of hydrogen-bond donors (Lipinski definition) is 1. The van der Waals surface area contributed by atoms with Crippen LogP contribution in [0.2, 0.25) is 10.0 Å². The molecule has 86 valence electrons. The Bertz CT molecular complexity index is 420. The van der Waals surface area contributed by atoms with E-state index < -0.39 is 0 Å². The molecule has 16 heavy (non-hydrogen) atoms. The number of rotatable bonds is 3. The topological polar surface area (TPSA) is 47.6 Å². The lowest BCUT2D eigenvalue weighted by Gasteiger charge is -2.05. The normalized spacial score (nSPS) is 19.4. The van der Waals surface area contributed by atoms with E-state index in [0.717, 1.165) is 18.4 Å². The van der Waals surface area contributed by atoms with Crippen molar-refractivity contribution >= 4 is 29.2 Å². The first-order valence-electron chi connectivity index (χ1n) is 5.05. The summed E-state index contributed by atoms with van der Waals surface area (Å²) < 4.78 is 5.08. The molecule has 0 unspecified atom stereocenters. The van der Waals surface area contributed by atoms with Crippen molar-refractivity contribution < 1.29 is 4.74 Å². The summed E-state index contributed by atoms with van der Waals surface area (Å²) in [6.07, 6.45) is 1.79. The molecule has 2 N–H and O–H groups in total. The zero-order chi connectivity index (χ0) is 11.5. The first kappa shape index (κ1) is 11.6. The molecule has 0 spiro atoms. The fraction of sp³-hybridized carbons (Fsp3) is 0.364. The maximum atomic E-state index is 5.93. The Balaban J connectivity index is 1.92. The van der Waals surface area contributed by atoms with E-state index in [2.05, 4.69) is 4.99 Å². The zero-order valence-corrected chi connectivity index (χ0v) is 10.1. The van der Waals surface area contributed by atoms with Gasteiger partial charge >= 0.3 is 0 Å². The van der Waals surface area contributed by atoms with Crippen LogP contribution in [0.3, 0.4) is 0 Å². The number of halogens is 2. The van der Waals surface area contributed by atoms with Crippen LogP contribution in [0.1, 0.15) is 12.0 Å². The quantitative estimate of drug-likeness (QED) is 0.907. The third kappa shape index (κ3) is 2.80. The lowest BCUT2D eigenvalue weighted by molar-refractivity contribution is 0.308. The molecule has 0 amide bonds. The Morgan fingerprint density at radius 3 is 2.81 bits per heavy atom. The SMILES string of the molecule is NC1=N[C@@H](CCc2ccc(Cl)c(Cl)c2)CO1. The highest BCUT2D eigenvalue weighted by Gasteiger charge is 2.16. The average Bonchev–Trinajstić information content (AvgIpc) is 2.66. The van der Waals surface area contributed by atoms with E-state index in [-0.39, 0.29) is 6.04 Å². The zero-order valence-electron chi connectivity index (χ0n) is 8.62. The van der Waals surface area contributed by atoms with Crippen LogP contribution in [0.25, 0.3) is 0 Å². The monoisotopic (exact) mass is 258 g/mol. The van der Waals surface area contributed by atoms with Gasteiger partial charge in [-0.25, -0.2) is 4.99 Å². The maximum absolute atomic E-state index is 5.93. The van der Waals surface area contributed by atoms with Crippen LogP contribution in [0.15, 0.2) is 23.2 Å². The van der Waals surface area contributed by atoms with E-state index >= 15 is 0 Å². The van der Waals surface area contributed by atoms with Crippen LogP contribution in [-0.2, 0) is 11.2 Å². The summed E-state index contributed by atoms with van der Waals surface area (Å²) in [6, 6.07) is 6.11. The summed E-state index contributed by atoms with van der Waals surface area (Å²) in [4.78, 5) is 4.16. The molecule has 1 aromatic carbocycles. The Kier molecular flexibility index (Phi) is 3.56. The molecule has 0 radical (unpaired) electrons. The van der Waals surface area contributed by atoms with Crippen molar-refractivity contribution in [3.63, 3.8) is 0 Å². The number of benzene rings is 1. The van der Waals surface area contributed by atoms with Crippen LogP contribution < -0.4 is 5.73 Å². The van der Waals surface area contributed by atoms with Gasteiger partial charge in [0.1, 0.15) is 6.61 Å². The van der Waals surface area contributed by atoms with Crippen molar-refractivity contribution in [2.45, 2.75) is 18.9 Å². The summed E-state index contributed by atoms with van der Waals surface area (Å²) in [6.45, 7) is 0.577. The molecule has 1 atom stereocenters. The average molecular weight is 259 g/mol. The summed E-state index contributed by atoms with van der Waals surface area (Å²) >= 11 is 11.8. The predicted molar refractivity (Wildman–Crippen MR) is 66.1 cm³/mol. The van der Waals surface area contributed by atoms with Crippen molar-refractivity contribution in [1.29, 1.82) is 0 Å². The minimum Gasteiger partial charge on any atom is -0.463 e. The third-order valence-corrected chi connectivity index (χ3v) is 3.22. The van der Waals surface area contributed by atoms with Gasteiger partial charge in [0.05, 0.1) is 16.1 Å². The second-order valence-corrected chi connectivity index (χ2v) is 4.53. The molecule has 2 rings (SSSR count). The molecular formula is C11H12Cl2N2O. The predicted octanol–water partition coefficient (Wildman–Crippen LogP) is 2.64. The molecule has 0 fully saturated rings. The maximum Gasteiger partial charge on any atom is 0.282 e. The Hall–Kier alpha value is -0.930. The first-order valence-corrected chi connectivity index (χ1v) is 5.81. The van der Waals surface area contributed by atoms with Gasteiger partial charge in [0.25, 0.3) is 6.02 Å². The van der Waals surface area contributed by atoms with E-state index in [9.17, 15) is 0 Å². The van der Waals surface area contributed by atoms with Crippen molar-refractivity contribution in [3.05, 3.63) is 33.8 Å². The van der Waals surface area contributed by atoms with Gasteiger partial charge in [-0.05, 0) is 30.5 Å². The molecule has 0 saturated carbocycles. The molecule has 3 nitrogen and oxygen atoms in total. The standard InChI is InChI=1S/C11H12Cl2N2O/c12-9-4-2-7(5-10(9)13)1-3-8-6-16-11(14)15-8/h2,4-5,8H,1,3,6H2,(H2,14,15)/t8-/m0/s1. The number of ether oxygens (including phenoxy) is 1. The third-order valence-electron chi connectivity index (χ3n) is 2.48. The summed E-state index contributed by atoms with van der Waals surface area (Å²) in [5.74, 6) is 0. The number of nitrogens with two attached hydrogens (primary N) is 1. The molecule has 0 saturated heterocycles. The van der Waals surface area contributed by atoms with Gasteiger partial charge in [0.15, 0.2) is 0 Å². The molecular weight excluding hydrogens is 247 g/mol. The highest BCUT2D eigenvalue weighted by molar-refractivity contribution is 6.42. The number of aryl methyl sites for hydroxylation is 1. The molecule has 0 aromatic heterocycles. The van der Waals surface area contributed by atoms with E-state index in [1.807, 2.05) is 18.2 Å². The minimum atomic E-state index is 0.162. The lowest BCUT2D eigenvalue weighted by atomic mass is 10.1. The van der Waals surface area contributed by atoms with Gasteiger partial charge in [-0.3, -0.25) is 0 Å². The van der Waals surface area contributed by atoms with Crippen LogP contribution in [0, 0.1) is 0 Å². The molecule has 0 aliphatic carbocycles. The van der Waals surface area contributed by atoms with E-state index in [0.29, 0.717) is 22.7 Å². The van der Waals surface area contributed by atoms with Gasteiger partial charge in [0.2, 0.25) is 0 Å². The van der Waals surface area contributed by atoms with Gasteiger partial charge in [-0.1, -0.05) is 29.3 Å². The van der Waals surface area contributed by atoms with Gasteiger partial charge < -0.3 is 10.5 Å². The Morgan fingerprint density at radius 1 is 1.38 bits per heavy atom. The lowest BCUT2D eigenvalue weighted by Crippen LogP contribution is -2.10. The summed E-state index contributed by atoms with van der Waals surface area (Å²) in [7, 11) is 0. The van der Waals surface area contributed by atoms with Crippen molar-refractivity contribution in [3.8, 4) is 0 Å². The van der Waals surface area contributed by atoms with E-state index in [1.165, 1.54) is 0 Å². The molecule has 1 aliphatic rings. The van der Waals surface area contributed by atoms with Crippen LogP contribution in [0.4, 0.5) is 0 Å². The summed E-state index contributed by atoms with van der Waals surface area (Å²) in [5.41, 5.74) is 6.58. The first-order chi connectivity index (χ1) is 7.65. The van der Waals surface area contributed by atoms with Gasteiger partial charge in [-0.15, -0.1) is 0 Å². The minimum absolute atomic E-state index is 0.162. The fourth-order valence-electron chi connectivity index (χ4n) is 1.61. The van der Waals surface area contributed by atoms with Crippen molar-refractivity contribution in [1.82, 2.24) is 0 Å². The number of aliphatic imine (C=N–C) groups is 1. The van der Waals surface area contributed by atoms with Crippen molar-refractivity contribution in [2.75, 3.05) is 6.61 Å². The van der Waals surface area contributed by atoms with Crippen molar-refractivity contribution in [2.24, 2.45) is 10.7 Å². The molecule has 0 bridgehead atoms. The number of amidine groups is 1. The smallest absolute Gasteiger partial charge is 0.282 e. The Morgan fingerprint density at radius 2 is 2.19 bits per heavy atom. The van der Waals surface area contributed by atoms with Crippen LogP contribution in [-0.4, -0.2) is 18.7 Å².